The van der Waals surface area contributed by atoms with Crippen molar-refractivity contribution in [1.29, 1.82) is 0 Å². The number of nitrogens with zero attached hydrogens (tertiary/aromatic N) is 1. The van der Waals surface area contributed by atoms with Crippen LogP contribution in [0, 0.1) is 19.8 Å². The van der Waals surface area contributed by atoms with E-state index < -0.39 is 5.97 Å². The zero-order valence-electron chi connectivity index (χ0n) is 18.4. The lowest BCUT2D eigenvalue weighted by Crippen LogP contribution is -2.45. The molecule has 0 bridgehead atoms. The Bertz CT molecular complexity index is 1060. The zero-order valence-corrected chi connectivity index (χ0v) is 18.4. The van der Waals surface area contributed by atoms with Crippen molar-refractivity contribution in [3.63, 3.8) is 0 Å². The standard InChI is InChI=1S/C23H27N3O6/c1-13-19(23(29)30-3)14(2)25-20(13)22(28)26-8-4-5-16(11-26)21(27)24-10-15-6-7-17-18(9-15)32-12-31-17/h6-7,9,16,25H,4-5,8,10-12H2,1-3H3,(H,24,27)/t16-/m0/s1. The Morgan fingerprint density at radius 2 is 2.00 bits per heavy atom. The number of ether oxygens (including phenoxy) is 3. The molecule has 170 valence electrons. The molecule has 2 amide bonds. The minimum absolute atomic E-state index is 0.0881. The van der Waals surface area contributed by atoms with E-state index in [-0.39, 0.29) is 24.5 Å². The number of rotatable bonds is 5. The Balaban J connectivity index is 1.39. The maximum absolute atomic E-state index is 13.1. The fourth-order valence-electron chi connectivity index (χ4n) is 4.29. The summed E-state index contributed by atoms with van der Waals surface area (Å²) in [5.74, 6) is 0.303. The van der Waals surface area contributed by atoms with Crippen LogP contribution in [0.1, 0.15) is 50.5 Å². The molecule has 1 saturated heterocycles. The number of piperidine rings is 1. The van der Waals surface area contributed by atoms with E-state index in [4.69, 9.17) is 14.2 Å². The first-order valence-corrected chi connectivity index (χ1v) is 10.6. The average Bonchev–Trinajstić information content (AvgIpc) is 3.39. The number of esters is 1. The van der Waals surface area contributed by atoms with E-state index in [9.17, 15) is 14.4 Å². The highest BCUT2D eigenvalue weighted by Crippen LogP contribution is 2.32. The Morgan fingerprint density at radius 1 is 1.22 bits per heavy atom. The van der Waals surface area contributed by atoms with Crippen molar-refractivity contribution in [3.8, 4) is 11.5 Å². The second kappa shape index (κ2) is 8.94. The Labute approximate surface area is 186 Å². The predicted molar refractivity (Wildman–Crippen MR) is 115 cm³/mol. The minimum atomic E-state index is -0.477. The summed E-state index contributed by atoms with van der Waals surface area (Å²) < 4.78 is 15.5. The van der Waals surface area contributed by atoms with Crippen LogP contribution in [0.25, 0.3) is 0 Å². The smallest absolute Gasteiger partial charge is 0.339 e. The van der Waals surface area contributed by atoms with Gasteiger partial charge in [0.15, 0.2) is 11.5 Å². The topological polar surface area (TPSA) is 110 Å². The molecule has 0 saturated carbocycles. The zero-order chi connectivity index (χ0) is 22.8. The molecule has 1 fully saturated rings. The van der Waals surface area contributed by atoms with Gasteiger partial charge in [-0.25, -0.2) is 4.79 Å². The molecule has 3 heterocycles. The first kappa shape index (κ1) is 21.7. The Kier molecular flexibility index (Phi) is 6.07. The van der Waals surface area contributed by atoms with E-state index in [0.29, 0.717) is 60.1 Å². The lowest BCUT2D eigenvalue weighted by Gasteiger charge is -2.32. The highest BCUT2D eigenvalue weighted by molar-refractivity contribution is 6.00. The molecule has 9 nitrogen and oxygen atoms in total. The normalized spacial score (nSPS) is 17.2. The van der Waals surface area contributed by atoms with Gasteiger partial charge in [-0.1, -0.05) is 6.07 Å². The number of benzene rings is 1. The molecule has 0 aliphatic carbocycles. The summed E-state index contributed by atoms with van der Waals surface area (Å²) in [5.41, 5.74) is 2.82. The number of aromatic amines is 1. The number of hydrogen-bond donors (Lipinski definition) is 2. The summed E-state index contributed by atoms with van der Waals surface area (Å²) in [6.07, 6.45) is 1.45. The maximum atomic E-state index is 13.1. The summed E-state index contributed by atoms with van der Waals surface area (Å²) in [6, 6.07) is 5.57. The molecule has 0 spiro atoms. The number of carbonyl (C=O) groups is 3. The van der Waals surface area contributed by atoms with Crippen LogP contribution in [0.2, 0.25) is 0 Å². The molecular weight excluding hydrogens is 414 g/mol. The first-order valence-electron chi connectivity index (χ1n) is 10.6. The summed E-state index contributed by atoms with van der Waals surface area (Å²) in [4.78, 5) is 42.6. The van der Waals surface area contributed by atoms with Crippen molar-refractivity contribution in [1.82, 2.24) is 15.2 Å². The number of fused-ring (bicyclic) bond motifs is 1. The van der Waals surface area contributed by atoms with Crippen LogP contribution >= 0.6 is 0 Å². The molecule has 9 heteroatoms. The van der Waals surface area contributed by atoms with Crippen LogP contribution in [0.5, 0.6) is 11.5 Å². The second-order valence-electron chi connectivity index (χ2n) is 8.11. The number of hydrogen-bond acceptors (Lipinski definition) is 6. The van der Waals surface area contributed by atoms with E-state index in [1.807, 2.05) is 18.2 Å². The van der Waals surface area contributed by atoms with Gasteiger partial charge in [0.05, 0.1) is 18.6 Å². The Morgan fingerprint density at radius 3 is 2.78 bits per heavy atom. The predicted octanol–water partition coefficient (Wildman–Crippen LogP) is 2.32. The number of methoxy groups -OCH3 is 1. The third-order valence-electron chi connectivity index (χ3n) is 6.02. The molecule has 32 heavy (non-hydrogen) atoms. The fourth-order valence-corrected chi connectivity index (χ4v) is 4.29. The number of carbonyl (C=O) groups excluding carboxylic acids is 3. The lowest BCUT2D eigenvalue weighted by molar-refractivity contribution is -0.126. The highest BCUT2D eigenvalue weighted by Gasteiger charge is 2.31. The van der Waals surface area contributed by atoms with Crippen LogP contribution < -0.4 is 14.8 Å². The third-order valence-corrected chi connectivity index (χ3v) is 6.02. The summed E-state index contributed by atoms with van der Waals surface area (Å²) >= 11 is 0. The molecule has 2 aromatic rings. The SMILES string of the molecule is COC(=O)c1c(C)[nH]c(C(=O)N2CCC[C@H](C(=O)NCc3ccc4c(c3)OCO4)C2)c1C. The van der Waals surface area contributed by atoms with Gasteiger partial charge in [0, 0.05) is 25.3 Å². The van der Waals surface area contributed by atoms with Gasteiger partial charge in [0.1, 0.15) is 5.69 Å². The molecule has 1 atom stereocenters. The van der Waals surface area contributed by atoms with E-state index in [2.05, 4.69) is 10.3 Å². The number of amides is 2. The molecule has 1 aromatic heterocycles. The average molecular weight is 441 g/mol. The van der Waals surface area contributed by atoms with Crippen molar-refractivity contribution in [3.05, 3.63) is 46.3 Å². The monoisotopic (exact) mass is 441 g/mol. The van der Waals surface area contributed by atoms with Gasteiger partial charge in [0.2, 0.25) is 12.7 Å². The largest absolute Gasteiger partial charge is 0.465 e. The van der Waals surface area contributed by atoms with Gasteiger partial charge in [-0.3, -0.25) is 9.59 Å². The first-order chi connectivity index (χ1) is 15.4. The van der Waals surface area contributed by atoms with Crippen molar-refractivity contribution < 1.29 is 28.6 Å². The fraction of sp³-hybridized carbons (Fsp3) is 0.435. The maximum Gasteiger partial charge on any atom is 0.339 e. The van der Waals surface area contributed by atoms with E-state index in [1.165, 1.54) is 7.11 Å². The van der Waals surface area contributed by atoms with Crippen LogP contribution in [0.4, 0.5) is 0 Å². The molecule has 1 aromatic carbocycles. The number of nitrogens with one attached hydrogen (secondary N) is 2. The quantitative estimate of drug-likeness (QED) is 0.689. The second-order valence-corrected chi connectivity index (χ2v) is 8.11. The molecular formula is C23H27N3O6. The Hall–Kier alpha value is -3.49. The number of aromatic nitrogens is 1. The van der Waals surface area contributed by atoms with Crippen LogP contribution in [-0.2, 0) is 16.1 Å². The van der Waals surface area contributed by atoms with E-state index >= 15 is 0 Å². The van der Waals surface area contributed by atoms with Gasteiger partial charge < -0.3 is 29.4 Å². The third kappa shape index (κ3) is 4.15. The van der Waals surface area contributed by atoms with Gasteiger partial charge in [0.25, 0.3) is 5.91 Å². The van der Waals surface area contributed by atoms with Crippen molar-refractivity contribution >= 4 is 17.8 Å². The minimum Gasteiger partial charge on any atom is -0.465 e. The van der Waals surface area contributed by atoms with Crippen molar-refractivity contribution in [2.45, 2.75) is 33.2 Å². The van der Waals surface area contributed by atoms with Gasteiger partial charge in [-0.2, -0.15) is 0 Å². The van der Waals surface area contributed by atoms with Gasteiger partial charge >= 0.3 is 5.97 Å². The summed E-state index contributed by atoms with van der Waals surface area (Å²) in [5, 5.41) is 2.96. The van der Waals surface area contributed by atoms with E-state index in [0.717, 1.165) is 12.0 Å². The lowest BCUT2D eigenvalue weighted by atomic mass is 9.96. The van der Waals surface area contributed by atoms with Crippen molar-refractivity contribution in [2.24, 2.45) is 5.92 Å². The molecule has 0 unspecified atom stereocenters. The summed E-state index contributed by atoms with van der Waals surface area (Å²) in [6.45, 7) is 4.93. The number of aryl methyl sites for hydroxylation is 1. The molecule has 4 rings (SSSR count). The van der Waals surface area contributed by atoms with Gasteiger partial charge in [-0.05, 0) is 49.9 Å². The number of H-pyrrole nitrogens is 1. The van der Waals surface area contributed by atoms with Crippen LogP contribution in [-0.4, -0.2) is 54.7 Å². The van der Waals surface area contributed by atoms with Gasteiger partial charge in [-0.15, -0.1) is 0 Å². The molecule has 2 N–H and O–H groups in total. The molecule has 0 radical (unpaired) electrons. The van der Waals surface area contributed by atoms with Crippen molar-refractivity contribution in [2.75, 3.05) is 27.0 Å². The van der Waals surface area contributed by atoms with Crippen LogP contribution in [0.15, 0.2) is 18.2 Å². The number of likely N-dealkylation sites (tertiary alicyclic amines) is 1. The molecule has 2 aliphatic heterocycles. The highest BCUT2D eigenvalue weighted by atomic mass is 16.7. The van der Waals surface area contributed by atoms with Crippen LogP contribution in [0.3, 0.4) is 0 Å². The van der Waals surface area contributed by atoms with E-state index in [1.54, 1.807) is 18.7 Å². The molecule has 2 aliphatic rings. The summed E-state index contributed by atoms with van der Waals surface area (Å²) in [7, 11) is 1.31.